The van der Waals surface area contributed by atoms with Crippen molar-refractivity contribution in [2.45, 2.75) is 64.8 Å². The van der Waals surface area contributed by atoms with Crippen LogP contribution in [0.3, 0.4) is 0 Å². The van der Waals surface area contributed by atoms with E-state index in [9.17, 15) is 28.3 Å². The Morgan fingerprint density at radius 3 is 2.35 bits per heavy atom. The van der Waals surface area contributed by atoms with E-state index in [4.69, 9.17) is 11.6 Å². The van der Waals surface area contributed by atoms with Gasteiger partial charge in [-0.3, -0.25) is 14.4 Å². The van der Waals surface area contributed by atoms with Crippen LogP contribution in [-0.2, 0) is 17.8 Å². The molecule has 1 fully saturated rings. The summed E-state index contributed by atoms with van der Waals surface area (Å²) in [7, 11) is 0. The van der Waals surface area contributed by atoms with Crippen LogP contribution >= 0.6 is 11.6 Å². The zero-order chi connectivity index (χ0) is 33.4. The number of nitrogens with zero attached hydrogens (tertiary/aromatic N) is 2. The first-order valence-corrected chi connectivity index (χ1v) is 16.0. The molecule has 0 radical (unpaired) electrons. The van der Waals surface area contributed by atoms with Crippen molar-refractivity contribution in [3.8, 4) is 0 Å². The van der Waals surface area contributed by atoms with E-state index in [0.29, 0.717) is 42.3 Å². The first kappa shape index (κ1) is 35.0. The predicted molar refractivity (Wildman–Crippen MR) is 174 cm³/mol. The lowest BCUT2D eigenvalue weighted by molar-refractivity contribution is -0.140. The molecule has 8 nitrogen and oxygen atoms in total. The second-order valence-corrected chi connectivity index (χ2v) is 12.2. The fourth-order valence-corrected chi connectivity index (χ4v) is 6.04. The van der Waals surface area contributed by atoms with Gasteiger partial charge in [0.25, 0.3) is 11.8 Å². The Kier molecular flexibility index (Phi) is 12.3. The fourth-order valence-electron chi connectivity index (χ4n) is 5.83. The number of nitrogens with one attached hydrogen (secondary N) is 2. The highest BCUT2D eigenvalue weighted by molar-refractivity contribution is 6.30. The van der Waals surface area contributed by atoms with Crippen molar-refractivity contribution >= 4 is 29.3 Å². The lowest BCUT2D eigenvalue weighted by Gasteiger charge is -2.38. The Balaban J connectivity index is 1.61. The number of amides is 3. The van der Waals surface area contributed by atoms with Gasteiger partial charge in [0.05, 0.1) is 12.1 Å². The van der Waals surface area contributed by atoms with Gasteiger partial charge >= 0.3 is 0 Å². The average molecular weight is 655 g/mol. The molecule has 3 aromatic carbocycles. The monoisotopic (exact) mass is 654 g/mol. The van der Waals surface area contributed by atoms with Gasteiger partial charge in [-0.05, 0) is 85.3 Å². The molecule has 4 rings (SSSR count). The maximum absolute atomic E-state index is 14.1. The van der Waals surface area contributed by atoms with E-state index in [1.165, 1.54) is 6.07 Å². The van der Waals surface area contributed by atoms with Gasteiger partial charge in [0.2, 0.25) is 5.91 Å². The van der Waals surface area contributed by atoms with Gasteiger partial charge in [0.15, 0.2) is 0 Å². The van der Waals surface area contributed by atoms with Crippen LogP contribution in [0.4, 0.5) is 8.78 Å². The number of halogens is 3. The quantitative estimate of drug-likeness (QED) is 0.244. The average Bonchev–Trinajstić information content (AvgIpc) is 3.00. The molecule has 1 aliphatic rings. The molecule has 3 atom stereocenters. The molecule has 1 aliphatic heterocycles. The van der Waals surface area contributed by atoms with Gasteiger partial charge in [-0.2, -0.15) is 0 Å². The summed E-state index contributed by atoms with van der Waals surface area (Å²) in [6.07, 6.45) is -0.0642. The Morgan fingerprint density at radius 1 is 1.02 bits per heavy atom. The smallest absolute Gasteiger partial charge is 0.253 e. The van der Waals surface area contributed by atoms with Gasteiger partial charge in [-0.1, -0.05) is 37.6 Å². The summed E-state index contributed by atoms with van der Waals surface area (Å²) in [5.74, 6) is -2.79. The summed E-state index contributed by atoms with van der Waals surface area (Å²) in [5, 5.41) is 18.0. The number of rotatable bonds is 13. The lowest BCUT2D eigenvalue weighted by Crippen LogP contribution is -2.63. The van der Waals surface area contributed by atoms with Crippen molar-refractivity contribution in [1.82, 2.24) is 20.4 Å². The molecule has 0 unspecified atom stereocenters. The predicted octanol–water partition coefficient (Wildman–Crippen LogP) is 4.89. The highest BCUT2D eigenvalue weighted by atomic mass is 35.5. The van der Waals surface area contributed by atoms with Crippen molar-refractivity contribution in [2.75, 3.05) is 26.2 Å². The molecule has 246 valence electrons. The maximum atomic E-state index is 14.1. The van der Waals surface area contributed by atoms with E-state index >= 15 is 0 Å². The number of benzene rings is 3. The Labute approximate surface area is 273 Å². The molecule has 3 aromatic rings. The van der Waals surface area contributed by atoms with Gasteiger partial charge in [-0.15, -0.1) is 0 Å². The highest BCUT2D eigenvalue weighted by Crippen LogP contribution is 2.20. The van der Waals surface area contributed by atoms with E-state index in [1.54, 1.807) is 47.1 Å². The van der Waals surface area contributed by atoms with Gasteiger partial charge in [0, 0.05) is 54.9 Å². The Morgan fingerprint density at radius 2 is 1.70 bits per heavy atom. The zero-order valence-electron chi connectivity index (χ0n) is 26.4. The first-order valence-electron chi connectivity index (χ1n) is 15.6. The normalized spacial score (nSPS) is 16.2. The fraction of sp³-hybridized carbons (Fsp3) is 0.400. The maximum Gasteiger partial charge on any atom is 0.253 e. The van der Waals surface area contributed by atoms with Crippen molar-refractivity contribution in [3.63, 3.8) is 0 Å². The van der Waals surface area contributed by atoms with E-state index in [0.717, 1.165) is 36.6 Å². The second kappa shape index (κ2) is 16.1. The minimum atomic E-state index is -1.47. The van der Waals surface area contributed by atoms with E-state index in [1.807, 2.05) is 19.9 Å². The number of piperazine rings is 1. The molecular formula is C35H41ClF2N4O4. The third-order valence-corrected chi connectivity index (χ3v) is 8.13. The first-order chi connectivity index (χ1) is 22.0. The van der Waals surface area contributed by atoms with Crippen molar-refractivity contribution < 1.29 is 28.3 Å². The van der Waals surface area contributed by atoms with E-state index in [2.05, 4.69) is 10.6 Å². The number of aliphatic hydroxyl groups is 1. The summed E-state index contributed by atoms with van der Waals surface area (Å²) in [6, 6.07) is 12.7. The number of aryl methyl sites for hydroxylation is 1. The van der Waals surface area contributed by atoms with E-state index < -0.39 is 41.6 Å². The second-order valence-electron chi connectivity index (χ2n) is 11.8. The standard InChI is InChI=1S/C35H41ClF2N4O4/c1-4-10-41(11-5-2)34(45)26-14-22(3)13-25(19-26)33(44)40-30(18-24-16-28(37)20-29(38)17-24)32(43)31-35(46)42(12-9-39-31)21-23-7-6-8-27(36)15-23/h6-8,13-17,19-20,30-32,39,43H,4-5,9-12,18,21H2,1-3H3,(H,40,44)/t30-,31-,32-/m0/s1. The SMILES string of the molecule is CCCN(CCC)C(=O)c1cc(C)cc(C(=O)N[C@@H](Cc2cc(F)cc(F)c2)[C@H](O)[C@@H]2NCCN(Cc3cccc(Cl)c3)C2=O)c1. The largest absolute Gasteiger partial charge is 0.389 e. The molecule has 1 heterocycles. The highest BCUT2D eigenvalue weighted by Gasteiger charge is 2.38. The minimum Gasteiger partial charge on any atom is -0.389 e. The summed E-state index contributed by atoms with van der Waals surface area (Å²) in [4.78, 5) is 44.0. The number of carbonyl (C=O) groups excluding carboxylic acids is 3. The topological polar surface area (TPSA) is 102 Å². The molecule has 1 saturated heterocycles. The van der Waals surface area contributed by atoms with Gasteiger partial charge in [0.1, 0.15) is 17.7 Å². The van der Waals surface area contributed by atoms with Crippen LogP contribution in [0.25, 0.3) is 0 Å². The van der Waals surface area contributed by atoms with Crippen LogP contribution in [0.15, 0.2) is 60.7 Å². The summed E-state index contributed by atoms with van der Waals surface area (Å²) in [6.45, 7) is 7.94. The summed E-state index contributed by atoms with van der Waals surface area (Å²) >= 11 is 6.13. The number of hydrogen-bond donors (Lipinski definition) is 3. The van der Waals surface area contributed by atoms with Crippen molar-refractivity contribution in [3.05, 3.63) is 105 Å². The molecule has 3 N–H and O–H groups in total. The van der Waals surface area contributed by atoms with Crippen molar-refractivity contribution in [1.29, 1.82) is 0 Å². The van der Waals surface area contributed by atoms with Gasteiger partial charge < -0.3 is 25.5 Å². The van der Waals surface area contributed by atoms with Crippen LogP contribution in [0.2, 0.25) is 5.02 Å². The van der Waals surface area contributed by atoms with Crippen LogP contribution in [0, 0.1) is 18.6 Å². The van der Waals surface area contributed by atoms with Crippen LogP contribution in [0.5, 0.6) is 0 Å². The molecule has 0 spiro atoms. The molecule has 11 heteroatoms. The van der Waals surface area contributed by atoms with Crippen LogP contribution < -0.4 is 10.6 Å². The molecular weight excluding hydrogens is 614 g/mol. The van der Waals surface area contributed by atoms with Gasteiger partial charge in [-0.25, -0.2) is 8.78 Å². The number of carbonyl (C=O) groups is 3. The van der Waals surface area contributed by atoms with Crippen LogP contribution in [0.1, 0.15) is 64.1 Å². The molecule has 0 aromatic heterocycles. The molecule has 46 heavy (non-hydrogen) atoms. The molecule has 3 amide bonds. The van der Waals surface area contributed by atoms with Crippen LogP contribution in [-0.4, -0.2) is 77.0 Å². The third kappa shape index (κ3) is 9.11. The molecule has 0 aliphatic carbocycles. The minimum absolute atomic E-state index is 0.167. The Bertz CT molecular complexity index is 1530. The summed E-state index contributed by atoms with van der Waals surface area (Å²) in [5.41, 5.74) is 2.24. The van der Waals surface area contributed by atoms with E-state index in [-0.39, 0.29) is 30.0 Å². The van der Waals surface area contributed by atoms with Crippen molar-refractivity contribution in [2.24, 2.45) is 0 Å². The Hall–Kier alpha value is -3.86. The summed E-state index contributed by atoms with van der Waals surface area (Å²) < 4.78 is 28.3. The number of aliphatic hydroxyl groups excluding tert-OH is 1. The molecule has 0 saturated carbocycles. The lowest BCUT2D eigenvalue weighted by atomic mass is 9.93. The zero-order valence-corrected chi connectivity index (χ0v) is 27.1. The number of hydrogen-bond acceptors (Lipinski definition) is 5. The third-order valence-electron chi connectivity index (χ3n) is 7.90. The molecule has 0 bridgehead atoms.